The van der Waals surface area contributed by atoms with Gasteiger partial charge in [-0.3, -0.25) is 37.3 Å². The summed E-state index contributed by atoms with van der Waals surface area (Å²) in [5, 5.41) is 10.6. The third kappa shape index (κ3) is 68.6. The van der Waals surface area contributed by atoms with E-state index in [9.17, 15) is 43.2 Å². The predicted molar refractivity (Wildman–Crippen MR) is 381 cm³/mol. The summed E-state index contributed by atoms with van der Waals surface area (Å²) < 4.78 is 68.4. The number of ether oxygens (including phenoxy) is 4. The highest BCUT2D eigenvalue weighted by molar-refractivity contribution is 7.47. The van der Waals surface area contributed by atoms with Crippen LogP contribution in [0.4, 0.5) is 0 Å². The average Bonchev–Trinajstić information content (AvgIpc) is 3.53. The molecule has 0 aliphatic heterocycles. The van der Waals surface area contributed by atoms with Crippen molar-refractivity contribution >= 4 is 39.5 Å². The smallest absolute Gasteiger partial charge is 0.462 e. The fourth-order valence-electron chi connectivity index (χ4n) is 11.4. The van der Waals surface area contributed by atoms with E-state index in [1.54, 1.807) is 0 Å². The highest BCUT2D eigenvalue weighted by Crippen LogP contribution is 2.45. The molecule has 0 rings (SSSR count). The lowest BCUT2D eigenvalue weighted by Crippen LogP contribution is -2.30. The highest BCUT2D eigenvalue weighted by atomic mass is 31.2. The summed E-state index contributed by atoms with van der Waals surface area (Å²) in [6.07, 6.45) is 48.8. The van der Waals surface area contributed by atoms with Crippen LogP contribution >= 0.6 is 15.6 Å². The Labute approximate surface area is 575 Å². The Morgan fingerprint density at radius 1 is 0.266 bits per heavy atom. The van der Waals surface area contributed by atoms with Crippen LogP contribution in [0.15, 0.2) is 0 Å². The molecule has 0 heterocycles. The standard InChI is InChI=1S/C75H146O17P2/c1-65(2)51-43-35-27-21-17-13-11-9-10-12-14-20-24-32-41-49-57-74(79)91-70(62-86-73(78)56-48-40-33-25-29-37-45-53-67(5)6)63-89-93(81,82)87-59-69(76)60-88-94(83,84)90-64-71(92-75(80)58-50-42-34-26-30-38-46-54-68(7)8)61-85-72(77)55-47-39-31-23-19-16-15-18-22-28-36-44-52-66(3)4/h65-71,76H,9-64H2,1-8H3,(H,81,82)(H,83,84)/t69?,70-,71-/m1/s1. The number of phosphoric ester groups is 2. The predicted octanol–water partition coefficient (Wildman–Crippen LogP) is 21.7. The van der Waals surface area contributed by atoms with Gasteiger partial charge >= 0.3 is 39.5 Å². The lowest BCUT2D eigenvalue weighted by Gasteiger charge is -2.21. The molecule has 0 aromatic heterocycles. The van der Waals surface area contributed by atoms with Crippen LogP contribution in [0.2, 0.25) is 0 Å². The maximum Gasteiger partial charge on any atom is 0.472 e. The van der Waals surface area contributed by atoms with E-state index in [1.807, 2.05) is 0 Å². The lowest BCUT2D eigenvalue weighted by atomic mass is 10.0. The van der Waals surface area contributed by atoms with Gasteiger partial charge in [0, 0.05) is 25.7 Å². The van der Waals surface area contributed by atoms with Gasteiger partial charge in [0.25, 0.3) is 0 Å². The molecule has 0 bridgehead atoms. The van der Waals surface area contributed by atoms with Crippen LogP contribution in [0.3, 0.4) is 0 Å². The number of hydrogen-bond donors (Lipinski definition) is 3. The molecule has 0 aliphatic carbocycles. The van der Waals surface area contributed by atoms with Crippen LogP contribution in [-0.2, 0) is 65.4 Å². The SMILES string of the molecule is CC(C)CCCCCCCCCCCCCCCCCCC(=O)O[C@H](COC(=O)CCCCCCCCCC(C)C)COP(=O)(O)OCC(O)COP(=O)(O)OC[C@@H](COC(=O)CCCCCCCCCCCCCCC(C)C)OC(=O)CCCCCCCCCC(C)C. The van der Waals surface area contributed by atoms with Crippen molar-refractivity contribution in [2.24, 2.45) is 23.7 Å². The first-order chi connectivity index (χ1) is 45.1. The van der Waals surface area contributed by atoms with E-state index in [0.717, 1.165) is 108 Å². The molecular weight excluding hydrogens is 1230 g/mol. The number of carbonyl (C=O) groups is 4. The van der Waals surface area contributed by atoms with Crippen molar-refractivity contribution < 1.29 is 80.2 Å². The van der Waals surface area contributed by atoms with Crippen molar-refractivity contribution in [1.29, 1.82) is 0 Å². The summed E-state index contributed by atoms with van der Waals surface area (Å²) in [5.41, 5.74) is 0. The zero-order chi connectivity index (χ0) is 69.6. The number of esters is 4. The minimum Gasteiger partial charge on any atom is -0.462 e. The van der Waals surface area contributed by atoms with Crippen LogP contribution in [0.25, 0.3) is 0 Å². The third-order valence-electron chi connectivity index (χ3n) is 17.3. The van der Waals surface area contributed by atoms with E-state index in [1.165, 1.54) is 173 Å². The van der Waals surface area contributed by atoms with Gasteiger partial charge in [0.15, 0.2) is 12.2 Å². The molecule has 558 valence electrons. The van der Waals surface area contributed by atoms with Gasteiger partial charge < -0.3 is 33.8 Å². The summed E-state index contributed by atoms with van der Waals surface area (Å²) >= 11 is 0. The van der Waals surface area contributed by atoms with E-state index in [4.69, 9.17) is 37.0 Å². The number of unbranched alkanes of at least 4 members (excludes halogenated alkanes) is 38. The number of carbonyl (C=O) groups excluding carboxylic acids is 4. The van der Waals surface area contributed by atoms with Crippen molar-refractivity contribution in [1.82, 2.24) is 0 Å². The van der Waals surface area contributed by atoms with Gasteiger partial charge in [0.2, 0.25) is 0 Å². The summed E-state index contributed by atoms with van der Waals surface area (Å²) in [7, 11) is -9.91. The molecule has 0 saturated carbocycles. The van der Waals surface area contributed by atoms with Crippen LogP contribution < -0.4 is 0 Å². The molecule has 0 aliphatic rings. The van der Waals surface area contributed by atoms with Crippen LogP contribution in [0.5, 0.6) is 0 Å². The maximum atomic E-state index is 13.1. The lowest BCUT2D eigenvalue weighted by molar-refractivity contribution is -0.161. The Kier molecular flexibility index (Phi) is 63.1. The van der Waals surface area contributed by atoms with E-state index in [2.05, 4.69) is 55.4 Å². The number of aliphatic hydroxyl groups is 1. The molecule has 0 aromatic carbocycles. The van der Waals surface area contributed by atoms with Gasteiger partial charge in [-0.25, -0.2) is 9.13 Å². The van der Waals surface area contributed by atoms with Gasteiger partial charge in [-0.15, -0.1) is 0 Å². The zero-order valence-electron chi connectivity index (χ0n) is 61.6. The molecule has 0 aromatic rings. The number of rotatable bonds is 72. The number of hydrogen-bond acceptors (Lipinski definition) is 15. The molecule has 0 radical (unpaired) electrons. The number of aliphatic hydroxyl groups excluding tert-OH is 1. The fraction of sp³-hybridized carbons (Fsp3) is 0.947. The quantitative estimate of drug-likeness (QED) is 0.0222. The second-order valence-corrected chi connectivity index (χ2v) is 31.9. The van der Waals surface area contributed by atoms with Crippen LogP contribution in [-0.4, -0.2) is 96.7 Å². The minimum atomic E-state index is -4.96. The first kappa shape index (κ1) is 92.1. The molecule has 17 nitrogen and oxygen atoms in total. The average molecular weight is 1380 g/mol. The van der Waals surface area contributed by atoms with Gasteiger partial charge in [-0.1, -0.05) is 325 Å². The zero-order valence-corrected chi connectivity index (χ0v) is 63.4. The Balaban J connectivity index is 5.19. The van der Waals surface area contributed by atoms with E-state index >= 15 is 0 Å². The molecule has 94 heavy (non-hydrogen) atoms. The molecule has 19 heteroatoms. The topological polar surface area (TPSA) is 237 Å². The van der Waals surface area contributed by atoms with Gasteiger partial charge in [0.05, 0.1) is 26.4 Å². The van der Waals surface area contributed by atoms with Gasteiger partial charge in [-0.2, -0.15) is 0 Å². The van der Waals surface area contributed by atoms with E-state index < -0.39 is 97.5 Å². The molecule has 3 N–H and O–H groups in total. The van der Waals surface area contributed by atoms with E-state index in [0.29, 0.717) is 37.5 Å². The second-order valence-electron chi connectivity index (χ2n) is 28.9. The summed E-state index contributed by atoms with van der Waals surface area (Å²) in [6.45, 7) is 14.1. The fourth-order valence-corrected chi connectivity index (χ4v) is 13.0. The largest absolute Gasteiger partial charge is 0.472 e. The molecule has 0 saturated heterocycles. The van der Waals surface area contributed by atoms with Crippen molar-refractivity contribution in [2.75, 3.05) is 39.6 Å². The maximum absolute atomic E-state index is 13.1. The molecule has 5 atom stereocenters. The van der Waals surface area contributed by atoms with Crippen molar-refractivity contribution in [3.05, 3.63) is 0 Å². The Morgan fingerprint density at radius 2 is 0.447 bits per heavy atom. The normalized spacial score (nSPS) is 14.2. The highest BCUT2D eigenvalue weighted by Gasteiger charge is 2.30. The monoisotopic (exact) mass is 1380 g/mol. The van der Waals surface area contributed by atoms with E-state index in [-0.39, 0.29) is 25.7 Å². The molecule has 0 fully saturated rings. The Morgan fingerprint density at radius 3 is 0.660 bits per heavy atom. The number of phosphoric acid groups is 2. The Bertz CT molecular complexity index is 1850. The first-order valence-corrected chi connectivity index (χ1v) is 41.7. The summed E-state index contributed by atoms with van der Waals surface area (Å²) in [4.78, 5) is 72.7. The summed E-state index contributed by atoms with van der Waals surface area (Å²) in [6, 6.07) is 0. The van der Waals surface area contributed by atoms with Crippen molar-refractivity contribution in [3.8, 4) is 0 Å². The van der Waals surface area contributed by atoms with Crippen molar-refractivity contribution in [2.45, 2.75) is 395 Å². The summed E-state index contributed by atoms with van der Waals surface area (Å²) in [5.74, 6) is 0.866. The molecule has 3 unspecified atom stereocenters. The molecule has 0 amide bonds. The molecular formula is C75H146O17P2. The molecule has 0 spiro atoms. The van der Waals surface area contributed by atoms with Crippen molar-refractivity contribution in [3.63, 3.8) is 0 Å². The first-order valence-electron chi connectivity index (χ1n) is 38.7. The van der Waals surface area contributed by atoms with Gasteiger partial charge in [0.1, 0.15) is 19.3 Å². The Hall–Kier alpha value is -1.94. The van der Waals surface area contributed by atoms with Crippen LogP contribution in [0, 0.1) is 23.7 Å². The van der Waals surface area contributed by atoms with Gasteiger partial charge in [-0.05, 0) is 49.4 Å². The van der Waals surface area contributed by atoms with Crippen LogP contribution in [0.1, 0.15) is 376 Å². The third-order valence-corrected chi connectivity index (χ3v) is 19.2. The second kappa shape index (κ2) is 64.4. The minimum absolute atomic E-state index is 0.103.